The summed E-state index contributed by atoms with van der Waals surface area (Å²) in [4.78, 5) is 21.5. The van der Waals surface area contributed by atoms with E-state index in [9.17, 15) is 23.3 Å². The second kappa shape index (κ2) is 9.34. The highest BCUT2D eigenvalue weighted by molar-refractivity contribution is 7.92. The van der Waals surface area contributed by atoms with Crippen molar-refractivity contribution < 1.29 is 22.9 Å². The zero-order valence-corrected chi connectivity index (χ0v) is 16.0. The Bertz CT molecular complexity index is 1110. The molecule has 29 heavy (non-hydrogen) atoms. The number of benzene rings is 2. The van der Waals surface area contributed by atoms with E-state index in [1.54, 1.807) is 25.1 Å². The first kappa shape index (κ1) is 21.4. The van der Waals surface area contributed by atoms with Crippen molar-refractivity contribution in [2.24, 2.45) is 0 Å². The van der Waals surface area contributed by atoms with Crippen molar-refractivity contribution in [1.29, 1.82) is 5.26 Å². The number of nitriles is 1. The fraction of sp³-hybridized carbons (Fsp3) is 0.111. The van der Waals surface area contributed by atoms with Crippen LogP contribution in [0.5, 0.6) is 0 Å². The molecular formula is C18H16N4O6S. The third-order valence-corrected chi connectivity index (χ3v) is 4.92. The maximum atomic E-state index is 12.7. The minimum Gasteiger partial charge on any atom is -0.462 e. The number of hydrogen-bond donors (Lipinski definition) is 2. The topological polar surface area (TPSA) is 151 Å². The van der Waals surface area contributed by atoms with Gasteiger partial charge in [0, 0.05) is 12.3 Å². The molecule has 2 aromatic carbocycles. The number of carbonyl (C=O) groups is 1. The Morgan fingerprint density at radius 3 is 2.45 bits per heavy atom. The lowest BCUT2D eigenvalue weighted by molar-refractivity contribution is -0.387. The van der Waals surface area contributed by atoms with Gasteiger partial charge in [0.05, 0.1) is 22.9 Å². The summed E-state index contributed by atoms with van der Waals surface area (Å²) in [5.41, 5.74) is -0.614. The average Bonchev–Trinajstić information content (AvgIpc) is 2.69. The first-order valence-electron chi connectivity index (χ1n) is 8.19. The molecule has 0 amide bonds. The maximum Gasteiger partial charge on any atom is 0.350 e. The molecule has 0 aliphatic rings. The van der Waals surface area contributed by atoms with Crippen molar-refractivity contribution >= 4 is 33.1 Å². The second-order valence-electron chi connectivity index (χ2n) is 5.41. The average molecular weight is 416 g/mol. The van der Waals surface area contributed by atoms with Crippen LogP contribution >= 0.6 is 0 Å². The second-order valence-corrected chi connectivity index (χ2v) is 7.06. The van der Waals surface area contributed by atoms with Crippen LogP contribution in [-0.2, 0) is 19.6 Å². The van der Waals surface area contributed by atoms with Gasteiger partial charge in [-0.2, -0.15) is 5.26 Å². The van der Waals surface area contributed by atoms with Crippen molar-refractivity contribution in [2.45, 2.75) is 11.8 Å². The molecule has 0 saturated heterocycles. The van der Waals surface area contributed by atoms with Gasteiger partial charge in [0.2, 0.25) is 0 Å². The maximum absolute atomic E-state index is 12.7. The van der Waals surface area contributed by atoms with E-state index >= 15 is 0 Å². The van der Waals surface area contributed by atoms with Crippen LogP contribution in [0.25, 0.3) is 0 Å². The summed E-state index contributed by atoms with van der Waals surface area (Å²) in [5.74, 6) is -0.833. The molecule has 0 aromatic heterocycles. The van der Waals surface area contributed by atoms with Gasteiger partial charge in [0.15, 0.2) is 10.5 Å². The molecule has 0 radical (unpaired) electrons. The summed E-state index contributed by atoms with van der Waals surface area (Å²) >= 11 is 0. The number of ether oxygens (including phenoxy) is 1. The van der Waals surface area contributed by atoms with Crippen LogP contribution in [0, 0.1) is 21.4 Å². The van der Waals surface area contributed by atoms with Crippen molar-refractivity contribution in [3.63, 3.8) is 0 Å². The number of rotatable bonds is 8. The smallest absolute Gasteiger partial charge is 0.350 e. The lowest BCUT2D eigenvalue weighted by Crippen LogP contribution is -2.15. The Morgan fingerprint density at radius 2 is 1.83 bits per heavy atom. The molecule has 0 unspecified atom stereocenters. The molecule has 0 fully saturated rings. The molecule has 0 heterocycles. The van der Waals surface area contributed by atoms with Crippen molar-refractivity contribution in [3.8, 4) is 6.07 Å². The Balaban J connectivity index is 2.36. The van der Waals surface area contributed by atoms with Crippen molar-refractivity contribution in [2.75, 3.05) is 16.6 Å². The van der Waals surface area contributed by atoms with E-state index in [1.165, 1.54) is 24.3 Å². The zero-order valence-electron chi connectivity index (χ0n) is 15.2. The van der Waals surface area contributed by atoms with Crippen molar-refractivity contribution in [1.82, 2.24) is 0 Å². The molecule has 2 aromatic rings. The predicted octanol–water partition coefficient (Wildman–Crippen LogP) is 2.78. The quantitative estimate of drug-likeness (QED) is 0.219. The Kier molecular flexibility index (Phi) is 6.89. The Hall–Kier alpha value is -3.91. The van der Waals surface area contributed by atoms with Gasteiger partial charge in [-0.25, -0.2) is 13.2 Å². The van der Waals surface area contributed by atoms with Crippen LogP contribution in [0.15, 0.2) is 65.2 Å². The van der Waals surface area contributed by atoms with Gasteiger partial charge in [-0.1, -0.05) is 24.3 Å². The number of esters is 1. The zero-order chi connectivity index (χ0) is 21.4. The summed E-state index contributed by atoms with van der Waals surface area (Å²) in [6.07, 6.45) is 1.08. The highest BCUT2D eigenvalue weighted by Crippen LogP contribution is 2.28. The molecule has 11 heteroatoms. The van der Waals surface area contributed by atoms with Gasteiger partial charge in [-0.15, -0.1) is 0 Å². The molecule has 0 saturated carbocycles. The number of nitro benzene ring substituents is 1. The first-order valence-corrected chi connectivity index (χ1v) is 9.67. The molecular weight excluding hydrogens is 400 g/mol. The monoisotopic (exact) mass is 416 g/mol. The number of sulfonamides is 1. The van der Waals surface area contributed by atoms with Gasteiger partial charge in [-0.05, 0) is 25.1 Å². The van der Waals surface area contributed by atoms with E-state index in [1.807, 2.05) is 0 Å². The summed E-state index contributed by atoms with van der Waals surface area (Å²) in [6, 6.07) is 12.7. The molecule has 10 nitrogen and oxygen atoms in total. The summed E-state index contributed by atoms with van der Waals surface area (Å²) in [6.45, 7) is 1.68. The van der Waals surface area contributed by atoms with E-state index in [2.05, 4.69) is 10.0 Å². The van der Waals surface area contributed by atoms with Gasteiger partial charge >= 0.3 is 5.97 Å². The van der Waals surface area contributed by atoms with Gasteiger partial charge < -0.3 is 10.1 Å². The van der Waals surface area contributed by atoms with Crippen LogP contribution < -0.4 is 10.0 Å². The van der Waals surface area contributed by atoms with E-state index in [-0.39, 0.29) is 23.6 Å². The number of para-hydroxylation sites is 3. The molecule has 0 atom stereocenters. The lowest BCUT2D eigenvalue weighted by Gasteiger charge is -2.13. The standard InChI is InChI=1S/C18H16N4O6S/c1-2-28-18(23)13(11-19)12-20-14-7-3-4-8-15(14)21-29(26,27)17-10-6-5-9-16(17)22(24)25/h3-10,12,20-21H,2H2,1H3/b13-12+. The van der Waals surface area contributed by atoms with Crippen LogP contribution in [0.1, 0.15) is 6.92 Å². The SMILES string of the molecule is CCOC(=O)/C(C#N)=C/Nc1ccccc1NS(=O)(=O)c1ccccc1[N+](=O)[O-]. The number of carbonyl (C=O) groups excluding carboxylic acids is 1. The Labute approximate surface area is 166 Å². The van der Waals surface area contributed by atoms with Crippen LogP contribution in [0.3, 0.4) is 0 Å². The number of nitrogens with one attached hydrogen (secondary N) is 2. The minimum absolute atomic E-state index is 0.0584. The molecule has 0 bridgehead atoms. The number of nitro groups is 1. The predicted molar refractivity (Wildman–Crippen MR) is 104 cm³/mol. The van der Waals surface area contributed by atoms with Gasteiger partial charge in [-0.3, -0.25) is 14.8 Å². The Morgan fingerprint density at radius 1 is 1.21 bits per heavy atom. The van der Waals surface area contributed by atoms with Crippen molar-refractivity contribution in [3.05, 3.63) is 70.4 Å². The van der Waals surface area contributed by atoms with Gasteiger partial charge in [0.25, 0.3) is 15.7 Å². The molecule has 0 aliphatic heterocycles. The fourth-order valence-corrected chi connectivity index (χ4v) is 3.48. The van der Waals surface area contributed by atoms with E-state index < -0.39 is 31.5 Å². The minimum atomic E-state index is -4.29. The van der Waals surface area contributed by atoms with E-state index in [0.29, 0.717) is 0 Å². The molecule has 0 spiro atoms. The first-order chi connectivity index (χ1) is 13.8. The highest BCUT2D eigenvalue weighted by Gasteiger charge is 2.25. The van der Waals surface area contributed by atoms with Crippen LogP contribution in [0.2, 0.25) is 0 Å². The lowest BCUT2D eigenvalue weighted by atomic mass is 10.2. The summed E-state index contributed by atoms with van der Waals surface area (Å²) in [5, 5.41) is 22.9. The molecule has 2 rings (SSSR count). The third-order valence-electron chi connectivity index (χ3n) is 3.51. The molecule has 2 N–H and O–H groups in total. The fourth-order valence-electron chi connectivity index (χ4n) is 2.23. The number of hydrogen-bond acceptors (Lipinski definition) is 8. The van der Waals surface area contributed by atoms with E-state index in [0.717, 1.165) is 18.3 Å². The van der Waals surface area contributed by atoms with Crippen LogP contribution in [0.4, 0.5) is 17.1 Å². The molecule has 0 aliphatic carbocycles. The normalized spacial score (nSPS) is 11.2. The molecule has 150 valence electrons. The highest BCUT2D eigenvalue weighted by atomic mass is 32.2. The summed E-state index contributed by atoms with van der Waals surface area (Å²) < 4.78 is 32.4. The third kappa shape index (κ3) is 5.30. The van der Waals surface area contributed by atoms with Gasteiger partial charge in [0.1, 0.15) is 6.07 Å². The van der Waals surface area contributed by atoms with Crippen LogP contribution in [-0.4, -0.2) is 25.9 Å². The van der Waals surface area contributed by atoms with E-state index in [4.69, 9.17) is 10.00 Å². The summed E-state index contributed by atoms with van der Waals surface area (Å²) in [7, 11) is -4.29. The number of nitrogens with zero attached hydrogens (tertiary/aromatic N) is 2. The number of anilines is 2. The largest absolute Gasteiger partial charge is 0.462 e.